The van der Waals surface area contributed by atoms with Crippen LogP contribution in [0.5, 0.6) is 0 Å². The van der Waals surface area contributed by atoms with Crippen LogP contribution in [0.25, 0.3) is 0 Å². The van der Waals surface area contributed by atoms with Crippen LogP contribution in [-0.2, 0) is 18.1 Å². The predicted molar refractivity (Wildman–Crippen MR) is 77.1 cm³/mol. The monoisotopic (exact) mass is 290 g/mol. The molecule has 5 heteroatoms. The van der Waals surface area contributed by atoms with Crippen LogP contribution in [0.15, 0.2) is 72.9 Å². The van der Waals surface area contributed by atoms with Crippen LogP contribution in [0, 0.1) is 0 Å². The first kappa shape index (κ1) is 13.5. The fraction of sp³-hybridized carbons (Fsp3) is 0.200. The van der Waals surface area contributed by atoms with Crippen molar-refractivity contribution in [2.75, 3.05) is 0 Å². The Kier molecular flexibility index (Phi) is 3.99. The number of phosphoric ester groups is 1. The highest BCUT2D eigenvalue weighted by molar-refractivity contribution is 7.48. The van der Waals surface area contributed by atoms with E-state index in [9.17, 15) is 4.57 Å². The second kappa shape index (κ2) is 5.90. The minimum Gasteiger partial charge on any atom is -0.275 e. The standard InChI is InChI=1S/C15H15O4P/c16-20(17-13-7-1-2-8-13,18-14-9-3-4-10-14)19-15-11-5-6-12-15/h1-15H. The molecule has 0 saturated heterocycles. The molecule has 0 aromatic carbocycles. The lowest BCUT2D eigenvalue weighted by Gasteiger charge is -2.23. The van der Waals surface area contributed by atoms with Gasteiger partial charge in [-0.1, -0.05) is 72.9 Å². The Morgan fingerprint density at radius 2 is 0.800 bits per heavy atom. The second-order valence-electron chi connectivity index (χ2n) is 4.47. The Morgan fingerprint density at radius 1 is 0.550 bits per heavy atom. The van der Waals surface area contributed by atoms with E-state index in [2.05, 4.69) is 0 Å². The lowest BCUT2D eigenvalue weighted by molar-refractivity contribution is 0.0942. The summed E-state index contributed by atoms with van der Waals surface area (Å²) in [6, 6.07) is 0. The molecule has 0 unspecified atom stereocenters. The average Bonchev–Trinajstić information content (AvgIpc) is 3.11. The van der Waals surface area contributed by atoms with Gasteiger partial charge in [0.25, 0.3) is 0 Å². The zero-order valence-electron chi connectivity index (χ0n) is 10.7. The van der Waals surface area contributed by atoms with Gasteiger partial charge < -0.3 is 0 Å². The van der Waals surface area contributed by atoms with Gasteiger partial charge in [0.05, 0.1) is 0 Å². The van der Waals surface area contributed by atoms with Gasteiger partial charge in [-0.15, -0.1) is 0 Å². The molecule has 4 nitrogen and oxygen atoms in total. The molecule has 0 heterocycles. The normalized spacial score (nSPS) is 22.0. The van der Waals surface area contributed by atoms with E-state index in [1.165, 1.54) is 0 Å². The second-order valence-corrected chi connectivity index (χ2v) is 5.99. The molecule has 0 aromatic heterocycles. The molecule has 0 N–H and O–H groups in total. The zero-order valence-corrected chi connectivity index (χ0v) is 11.6. The van der Waals surface area contributed by atoms with E-state index in [0.717, 1.165) is 0 Å². The lowest BCUT2D eigenvalue weighted by Crippen LogP contribution is -2.14. The van der Waals surface area contributed by atoms with Crippen molar-refractivity contribution in [2.24, 2.45) is 0 Å². The van der Waals surface area contributed by atoms with E-state index in [1.54, 1.807) is 36.5 Å². The van der Waals surface area contributed by atoms with Crippen LogP contribution in [-0.4, -0.2) is 18.3 Å². The highest BCUT2D eigenvalue weighted by atomic mass is 31.2. The molecule has 3 aliphatic rings. The molecule has 0 atom stereocenters. The van der Waals surface area contributed by atoms with Gasteiger partial charge in [0.15, 0.2) is 0 Å². The summed E-state index contributed by atoms with van der Waals surface area (Å²) in [6.45, 7) is 0. The van der Waals surface area contributed by atoms with Crippen molar-refractivity contribution in [1.29, 1.82) is 0 Å². The summed E-state index contributed by atoms with van der Waals surface area (Å²) in [5.41, 5.74) is 0. The number of allylic oxidation sites excluding steroid dienone is 6. The summed E-state index contributed by atoms with van der Waals surface area (Å²) in [4.78, 5) is 0. The van der Waals surface area contributed by atoms with Crippen LogP contribution in [0.1, 0.15) is 0 Å². The molecule has 0 bridgehead atoms. The Labute approximate surface area is 118 Å². The summed E-state index contributed by atoms with van der Waals surface area (Å²) in [7, 11) is -3.67. The zero-order chi connectivity index (χ0) is 13.8. The Morgan fingerprint density at radius 3 is 1.05 bits per heavy atom. The van der Waals surface area contributed by atoms with E-state index in [4.69, 9.17) is 13.6 Å². The van der Waals surface area contributed by atoms with E-state index < -0.39 is 7.82 Å². The van der Waals surface area contributed by atoms with Gasteiger partial charge in [0, 0.05) is 0 Å². The van der Waals surface area contributed by atoms with Crippen molar-refractivity contribution < 1.29 is 18.1 Å². The van der Waals surface area contributed by atoms with Gasteiger partial charge in [-0.3, -0.25) is 13.6 Å². The molecule has 104 valence electrons. The van der Waals surface area contributed by atoms with Crippen LogP contribution >= 0.6 is 7.82 Å². The molecule has 20 heavy (non-hydrogen) atoms. The van der Waals surface area contributed by atoms with Crippen LogP contribution < -0.4 is 0 Å². The van der Waals surface area contributed by atoms with Crippen molar-refractivity contribution in [3.05, 3.63) is 72.9 Å². The molecule has 0 amide bonds. The summed E-state index contributed by atoms with van der Waals surface area (Å²) in [5.74, 6) is 0. The van der Waals surface area contributed by atoms with E-state index in [-0.39, 0.29) is 18.3 Å². The highest BCUT2D eigenvalue weighted by Gasteiger charge is 2.34. The quantitative estimate of drug-likeness (QED) is 0.701. The molecule has 0 fully saturated rings. The maximum absolute atomic E-state index is 12.8. The van der Waals surface area contributed by atoms with Gasteiger partial charge in [0.1, 0.15) is 18.3 Å². The molecule has 0 saturated carbocycles. The smallest absolute Gasteiger partial charge is 0.275 e. The maximum Gasteiger partial charge on any atom is 0.477 e. The van der Waals surface area contributed by atoms with Crippen LogP contribution in [0.4, 0.5) is 0 Å². The number of phosphoric acid groups is 1. The SMILES string of the molecule is O=P(OC1C=CC=C1)(OC1C=CC=C1)OC1C=CC=C1. The van der Waals surface area contributed by atoms with Gasteiger partial charge in [-0.25, -0.2) is 4.57 Å². The molecule has 0 aliphatic heterocycles. The molecule has 3 rings (SSSR count). The minimum absolute atomic E-state index is 0.385. The Hall–Kier alpha value is -1.45. The van der Waals surface area contributed by atoms with Gasteiger partial charge in [0.2, 0.25) is 0 Å². The average molecular weight is 290 g/mol. The number of hydrogen-bond donors (Lipinski definition) is 0. The summed E-state index contributed by atoms with van der Waals surface area (Å²) in [6.07, 6.45) is 20.6. The van der Waals surface area contributed by atoms with Crippen molar-refractivity contribution in [3.63, 3.8) is 0 Å². The highest BCUT2D eigenvalue weighted by Crippen LogP contribution is 2.54. The van der Waals surface area contributed by atoms with E-state index >= 15 is 0 Å². The molecule has 0 radical (unpaired) electrons. The van der Waals surface area contributed by atoms with Crippen molar-refractivity contribution in [3.8, 4) is 0 Å². The Balaban J connectivity index is 1.71. The number of rotatable bonds is 6. The largest absolute Gasteiger partial charge is 0.477 e. The first-order chi connectivity index (χ1) is 9.73. The molecular formula is C15H15O4P. The molecule has 0 aromatic rings. The van der Waals surface area contributed by atoms with Crippen molar-refractivity contribution >= 4 is 7.82 Å². The van der Waals surface area contributed by atoms with Crippen molar-refractivity contribution in [1.82, 2.24) is 0 Å². The first-order valence-corrected chi connectivity index (χ1v) is 7.90. The topological polar surface area (TPSA) is 44.8 Å². The fourth-order valence-electron chi connectivity index (χ4n) is 1.97. The third kappa shape index (κ3) is 3.35. The lowest BCUT2D eigenvalue weighted by atomic mass is 10.4. The Bertz CT molecular complexity index is 466. The summed E-state index contributed by atoms with van der Waals surface area (Å²) >= 11 is 0. The van der Waals surface area contributed by atoms with Gasteiger partial charge >= 0.3 is 7.82 Å². The van der Waals surface area contributed by atoms with E-state index in [1.807, 2.05) is 36.5 Å². The van der Waals surface area contributed by atoms with E-state index in [0.29, 0.717) is 0 Å². The van der Waals surface area contributed by atoms with Gasteiger partial charge in [-0.05, 0) is 0 Å². The third-order valence-corrected chi connectivity index (χ3v) is 4.40. The van der Waals surface area contributed by atoms with Gasteiger partial charge in [-0.2, -0.15) is 0 Å². The summed E-state index contributed by atoms with van der Waals surface area (Å²) < 4.78 is 29.4. The predicted octanol–water partition coefficient (Wildman–Crippen LogP) is 3.63. The first-order valence-electron chi connectivity index (χ1n) is 6.44. The van der Waals surface area contributed by atoms with Crippen molar-refractivity contribution in [2.45, 2.75) is 18.3 Å². The molecular weight excluding hydrogens is 275 g/mol. The van der Waals surface area contributed by atoms with Crippen LogP contribution in [0.3, 0.4) is 0 Å². The third-order valence-electron chi connectivity index (χ3n) is 2.89. The van der Waals surface area contributed by atoms with Crippen LogP contribution in [0.2, 0.25) is 0 Å². The minimum atomic E-state index is -3.67. The molecule has 0 spiro atoms. The fourth-order valence-corrected chi connectivity index (χ4v) is 3.43. The molecule has 3 aliphatic carbocycles. The summed E-state index contributed by atoms with van der Waals surface area (Å²) in [5, 5.41) is 0. The number of hydrogen-bond acceptors (Lipinski definition) is 4. The maximum atomic E-state index is 12.8.